The number of ether oxygens (including phenoxy) is 3. The Kier molecular flexibility index (Phi) is 61.2. The van der Waals surface area contributed by atoms with Gasteiger partial charge in [0.15, 0.2) is 12.4 Å². The van der Waals surface area contributed by atoms with Crippen LogP contribution in [0.25, 0.3) is 0 Å². The molecule has 1 heterocycles. The van der Waals surface area contributed by atoms with Gasteiger partial charge >= 0.3 is 5.97 Å². The molecule has 1 aliphatic rings. The largest absolute Gasteiger partial charge is 0.454 e. The van der Waals surface area contributed by atoms with Crippen LogP contribution in [0, 0.1) is 0 Å². The zero-order chi connectivity index (χ0) is 64.6. The van der Waals surface area contributed by atoms with Crippen molar-refractivity contribution < 1.29 is 49.3 Å². The Hall–Kier alpha value is -3.16. The molecule has 0 aromatic rings. The Morgan fingerprint density at radius 1 is 0.449 bits per heavy atom. The normalized spacial score (nSPS) is 18.6. The molecular formula is C78H139NO10. The third-order valence-electron chi connectivity index (χ3n) is 17.3. The SMILES string of the molecule is CC/C=C\C/C=C\C/C=C\C/C=C\C/C=C\C/C=C\CCCCCCCCC(=O)OC1C(OCC(NC(=O)C(O)CCCCCCCCCCCCCCCCCCCCCCCC)C(O)/C=C/CCCCCCCCCCCCC)OC(CO)C(O)C1O. The van der Waals surface area contributed by atoms with Crippen LogP contribution in [-0.2, 0) is 23.8 Å². The van der Waals surface area contributed by atoms with Gasteiger partial charge in [0.1, 0.15) is 24.4 Å². The summed E-state index contributed by atoms with van der Waals surface area (Å²) in [5, 5.41) is 57.4. The zero-order valence-corrected chi connectivity index (χ0v) is 57.5. The van der Waals surface area contributed by atoms with Crippen LogP contribution in [0.3, 0.4) is 0 Å². The number of esters is 1. The first-order valence-electron chi connectivity index (χ1n) is 37.4. The minimum Gasteiger partial charge on any atom is -0.454 e. The summed E-state index contributed by atoms with van der Waals surface area (Å²) in [6.07, 6.45) is 76.2. The van der Waals surface area contributed by atoms with Gasteiger partial charge < -0.3 is 45.1 Å². The average Bonchev–Trinajstić information content (AvgIpc) is 1.80. The van der Waals surface area contributed by atoms with Crippen molar-refractivity contribution in [2.45, 2.75) is 384 Å². The molecule has 0 aromatic carbocycles. The van der Waals surface area contributed by atoms with Gasteiger partial charge in [0, 0.05) is 6.42 Å². The average molecular weight is 1250 g/mol. The molecule has 6 N–H and O–H groups in total. The van der Waals surface area contributed by atoms with E-state index in [4.69, 9.17) is 14.2 Å². The van der Waals surface area contributed by atoms with Gasteiger partial charge in [0.05, 0.1) is 25.4 Å². The molecule has 0 aliphatic carbocycles. The number of hydrogen-bond acceptors (Lipinski definition) is 10. The predicted octanol–water partition coefficient (Wildman–Crippen LogP) is 19.6. The van der Waals surface area contributed by atoms with Gasteiger partial charge in [0.2, 0.25) is 5.91 Å². The van der Waals surface area contributed by atoms with Crippen molar-refractivity contribution >= 4 is 11.9 Å². The van der Waals surface area contributed by atoms with E-state index in [0.717, 1.165) is 116 Å². The first-order valence-corrected chi connectivity index (χ1v) is 37.4. The topological polar surface area (TPSA) is 175 Å². The number of carbonyl (C=O) groups is 2. The molecule has 1 aliphatic heterocycles. The Labute approximate surface area is 546 Å². The number of rotatable bonds is 64. The maximum absolute atomic E-state index is 13.5. The fourth-order valence-electron chi connectivity index (χ4n) is 11.5. The van der Waals surface area contributed by atoms with Crippen molar-refractivity contribution in [3.8, 4) is 0 Å². The maximum atomic E-state index is 13.5. The molecule has 0 saturated carbocycles. The number of amides is 1. The monoisotopic (exact) mass is 1250 g/mol. The number of aliphatic hydroxyl groups excluding tert-OH is 5. The molecule has 0 spiro atoms. The molecular weight excluding hydrogens is 1110 g/mol. The molecule has 0 aromatic heterocycles. The number of aliphatic hydroxyl groups is 5. The Morgan fingerprint density at radius 3 is 1.21 bits per heavy atom. The minimum absolute atomic E-state index is 0.104. The second kappa shape index (κ2) is 64.9. The lowest BCUT2D eigenvalue weighted by Gasteiger charge is -2.41. The smallest absolute Gasteiger partial charge is 0.306 e. The second-order valence-electron chi connectivity index (χ2n) is 25.7. The summed E-state index contributed by atoms with van der Waals surface area (Å²) in [5.74, 6) is -1.20. The summed E-state index contributed by atoms with van der Waals surface area (Å²) in [6.45, 7) is 5.72. The van der Waals surface area contributed by atoms with Crippen molar-refractivity contribution in [2.75, 3.05) is 13.2 Å². The van der Waals surface area contributed by atoms with Crippen LogP contribution in [0.15, 0.2) is 85.1 Å². The molecule has 89 heavy (non-hydrogen) atoms. The van der Waals surface area contributed by atoms with Crippen molar-refractivity contribution in [1.82, 2.24) is 5.32 Å². The van der Waals surface area contributed by atoms with E-state index in [-0.39, 0.29) is 13.0 Å². The minimum atomic E-state index is -1.62. The molecule has 8 atom stereocenters. The maximum Gasteiger partial charge on any atom is 0.306 e. The highest BCUT2D eigenvalue weighted by Gasteiger charge is 2.47. The number of carbonyl (C=O) groups excluding carboxylic acids is 2. The van der Waals surface area contributed by atoms with E-state index in [0.29, 0.717) is 19.3 Å². The lowest BCUT2D eigenvalue weighted by atomic mass is 9.99. The number of unbranched alkanes of at least 4 members (excludes halogenated alkanes) is 38. The summed E-state index contributed by atoms with van der Waals surface area (Å²) < 4.78 is 17.7. The zero-order valence-electron chi connectivity index (χ0n) is 57.5. The second-order valence-corrected chi connectivity index (χ2v) is 25.7. The van der Waals surface area contributed by atoms with Gasteiger partial charge in [-0.05, 0) is 77.0 Å². The molecule has 1 rings (SSSR count). The van der Waals surface area contributed by atoms with Crippen molar-refractivity contribution in [1.29, 1.82) is 0 Å². The van der Waals surface area contributed by atoms with Gasteiger partial charge in [-0.15, -0.1) is 0 Å². The Bertz CT molecular complexity index is 1780. The quantitative estimate of drug-likeness (QED) is 0.0195. The van der Waals surface area contributed by atoms with E-state index in [1.807, 2.05) is 6.08 Å². The van der Waals surface area contributed by atoms with Gasteiger partial charge in [-0.3, -0.25) is 9.59 Å². The third kappa shape index (κ3) is 52.0. The molecule has 8 unspecified atom stereocenters. The first-order chi connectivity index (χ1) is 43.7. The molecule has 1 saturated heterocycles. The van der Waals surface area contributed by atoms with Gasteiger partial charge in [-0.1, -0.05) is 337 Å². The summed E-state index contributed by atoms with van der Waals surface area (Å²) in [5.41, 5.74) is 0. The van der Waals surface area contributed by atoms with Crippen LogP contribution in [0.5, 0.6) is 0 Å². The van der Waals surface area contributed by atoms with Crippen LogP contribution in [-0.4, -0.2) is 99.6 Å². The molecule has 516 valence electrons. The lowest BCUT2D eigenvalue weighted by molar-refractivity contribution is -0.305. The molecule has 11 heteroatoms. The molecule has 0 radical (unpaired) electrons. The van der Waals surface area contributed by atoms with Gasteiger partial charge in [-0.25, -0.2) is 0 Å². The third-order valence-corrected chi connectivity index (χ3v) is 17.3. The van der Waals surface area contributed by atoms with Crippen LogP contribution in [0.2, 0.25) is 0 Å². The number of allylic oxidation sites excluding steroid dienone is 13. The van der Waals surface area contributed by atoms with Crippen molar-refractivity contribution in [3.63, 3.8) is 0 Å². The van der Waals surface area contributed by atoms with Crippen LogP contribution in [0.1, 0.15) is 335 Å². The van der Waals surface area contributed by atoms with Crippen molar-refractivity contribution in [3.05, 3.63) is 85.1 Å². The van der Waals surface area contributed by atoms with Crippen LogP contribution >= 0.6 is 0 Å². The van der Waals surface area contributed by atoms with Gasteiger partial charge in [-0.2, -0.15) is 0 Å². The first kappa shape index (κ1) is 83.9. The highest BCUT2D eigenvalue weighted by molar-refractivity contribution is 5.80. The van der Waals surface area contributed by atoms with E-state index >= 15 is 0 Å². The Morgan fingerprint density at radius 2 is 0.809 bits per heavy atom. The molecule has 1 fully saturated rings. The summed E-state index contributed by atoms with van der Waals surface area (Å²) in [6, 6.07) is -1.03. The van der Waals surface area contributed by atoms with E-state index < -0.39 is 67.4 Å². The molecule has 0 bridgehead atoms. The lowest BCUT2D eigenvalue weighted by Crippen LogP contribution is -2.61. The molecule has 1 amide bonds. The predicted molar refractivity (Wildman–Crippen MR) is 375 cm³/mol. The van der Waals surface area contributed by atoms with Crippen LogP contribution in [0.4, 0.5) is 0 Å². The highest BCUT2D eigenvalue weighted by atomic mass is 16.7. The summed E-state index contributed by atoms with van der Waals surface area (Å²) in [7, 11) is 0. The van der Waals surface area contributed by atoms with E-state index in [1.165, 1.54) is 173 Å². The van der Waals surface area contributed by atoms with E-state index in [9.17, 15) is 35.1 Å². The number of hydrogen-bond donors (Lipinski definition) is 6. The van der Waals surface area contributed by atoms with Gasteiger partial charge in [0.25, 0.3) is 0 Å². The van der Waals surface area contributed by atoms with E-state index in [1.54, 1.807) is 6.08 Å². The highest BCUT2D eigenvalue weighted by Crippen LogP contribution is 2.26. The fraction of sp³-hybridized carbons (Fsp3) is 0.795. The standard InChI is InChI=1S/C78H139NO10/c1-4-7-10-13-16-19-22-25-27-29-31-33-35-36-37-39-41-43-45-48-51-54-57-60-63-66-73(83)89-76-75(85)74(84)72(67-80)88-78(76)87-68-69(70(81)64-61-58-55-52-49-46-24-21-18-15-12-9-6-3)79-77(86)71(82)65-62-59-56-53-50-47-44-42-40-38-34-32-30-28-26-23-20-17-14-11-8-5-2/h7,10,16,19,25,27,31,33,36-37,41,43,61,64,69-72,74-76,78,80-82,84-85H,4-6,8-9,11-15,17-18,20-24,26,28-30,32,34-35,38-40,42,44-60,62-63,65-68H2,1-3H3,(H,79,86)/b10-7-,19-16-,27-25-,33-31-,37-36-,43-41-,64-61+. The van der Waals surface area contributed by atoms with Crippen LogP contribution < -0.4 is 5.32 Å². The van der Waals surface area contributed by atoms with E-state index in [2.05, 4.69) is 99.0 Å². The number of nitrogens with one attached hydrogen (secondary N) is 1. The Balaban J connectivity index is 2.58. The fourth-order valence-corrected chi connectivity index (χ4v) is 11.5. The summed E-state index contributed by atoms with van der Waals surface area (Å²) >= 11 is 0. The summed E-state index contributed by atoms with van der Waals surface area (Å²) in [4.78, 5) is 26.7. The molecule has 11 nitrogen and oxygen atoms in total. The van der Waals surface area contributed by atoms with Crippen molar-refractivity contribution in [2.24, 2.45) is 0 Å².